The van der Waals surface area contributed by atoms with Crippen LogP contribution in [0.3, 0.4) is 0 Å². The quantitative estimate of drug-likeness (QED) is 0.858. The van der Waals surface area contributed by atoms with Crippen molar-refractivity contribution >= 4 is 5.91 Å². The first kappa shape index (κ1) is 17.6. The molecule has 0 bridgehead atoms. The minimum absolute atomic E-state index is 0.0660. The van der Waals surface area contributed by atoms with Crippen molar-refractivity contribution in [3.8, 4) is 0 Å². The van der Waals surface area contributed by atoms with Crippen LogP contribution in [0.4, 0.5) is 0 Å². The lowest BCUT2D eigenvalue weighted by molar-refractivity contribution is -0.00301. The van der Waals surface area contributed by atoms with Crippen LogP contribution in [0.5, 0.6) is 0 Å². The van der Waals surface area contributed by atoms with E-state index in [1.165, 1.54) is 11.1 Å². The van der Waals surface area contributed by atoms with Crippen molar-refractivity contribution in [1.82, 2.24) is 9.88 Å². The van der Waals surface area contributed by atoms with Crippen molar-refractivity contribution < 1.29 is 9.53 Å². The van der Waals surface area contributed by atoms with Crippen LogP contribution in [0.15, 0.2) is 42.6 Å². The maximum Gasteiger partial charge on any atom is 0.255 e. The van der Waals surface area contributed by atoms with Gasteiger partial charge in [0.1, 0.15) is 0 Å². The van der Waals surface area contributed by atoms with Gasteiger partial charge in [-0.1, -0.05) is 29.8 Å². The molecule has 25 heavy (non-hydrogen) atoms. The minimum atomic E-state index is 0.0660. The Balaban J connectivity index is 1.73. The fraction of sp³-hybridized carbons (Fsp3) is 0.429. The molecule has 1 amide bonds. The number of carbonyl (C=O) groups excluding carboxylic acids is 1. The summed E-state index contributed by atoms with van der Waals surface area (Å²) in [5.74, 6) is 0.374. The van der Waals surface area contributed by atoms with E-state index in [1.54, 1.807) is 13.3 Å². The Hall–Kier alpha value is -2.20. The third-order valence-corrected chi connectivity index (χ3v) is 4.99. The molecule has 2 heterocycles. The number of amides is 1. The molecule has 132 valence electrons. The van der Waals surface area contributed by atoms with Crippen LogP contribution in [0.25, 0.3) is 0 Å². The molecule has 0 radical (unpaired) electrons. The average molecular weight is 338 g/mol. The zero-order valence-electron chi connectivity index (χ0n) is 15.2. The number of ether oxygens (including phenoxy) is 1. The number of aryl methyl sites for hydroxylation is 2. The number of nitrogens with zero attached hydrogens (tertiary/aromatic N) is 2. The molecular formula is C21H26N2O2. The summed E-state index contributed by atoms with van der Waals surface area (Å²) in [6.45, 7) is 5.49. The lowest BCUT2D eigenvalue weighted by atomic mass is 9.88. The Morgan fingerprint density at radius 1 is 1.28 bits per heavy atom. The fourth-order valence-electron chi connectivity index (χ4n) is 3.62. The Morgan fingerprint density at radius 2 is 2.12 bits per heavy atom. The highest BCUT2D eigenvalue weighted by Gasteiger charge is 2.32. The largest absolute Gasteiger partial charge is 0.381 e. The van der Waals surface area contributed by atoms with Gasteiger partial charge in [-0.3, -0.25) is 9.78 Å². The molecule has 1 aromatic heterocycles. The Kier molecular flexibility index (Phi) is 5.49. The second-order valence-electron chi connectivity index (χ2n) is 6.96. The number of pyridine rings is 1. The van der Waals surface area contributed by atoms with E-state index in [0.29, 0.717) is 11.5 Å². The van der Waals surface area contributed by atoms with Crippen LogP contribution in [0, 0.1) is 19.8 Å². The summed E-state index contributed by atoms with van der Waals surface area (Å²) in [6.07, 6.45) is 3.67. The highest BCUT2D eigenvalue weighted by atomic mass is 16.5. The fourth-order valence-corrected chi connectivity index (χ4v) is 3.62. The van der Waals surface area contributed by atoms with E-state index >= 15 is 0 Å². The van der Waals surface area contributed by atoms with Crippen LogP contribution in [-0.4, -0.2) is 42.1 Å². The van der Waals surface area contributed by atoms with Gasteiger partial charge in [-0.15, -0.1) is 0 Å². The maximum atomic E-state index is 12.8. The van der Waals surface area contributed by atoms with Gasteiger partial charge < -0.3 is 9.64 Å². The molecule has 1 aliphatic rings. The molecule has 4 heteroatoms. The van der Waals surface area contributed by atoms with E-state index in [1.807, 2.05) is 24.0 Å². The number of likely N-dealkylation sites (tertiary alicyclic amines) is 1. The first-order valence-electron chi connectivity index (χ1n) is 8.87. The molecule has 1 aliphatic heterocycles. The van der Waals surface area contributed by atoms with Gasteiger partial charge in [0.2, 0.25) is 0 Å². The van der Waals surface area contributed by atoms with Gasteiger partial charge in [-0.05, 0) is 44.4 Å². The van der Waals surface area contributed by atoms with Crippen LogP contribution >= 0.6 is 0 Å². The second-order valence-corrected chi connectivity index (χ2v) is 6.96. The summed E-state index contributed by atoms with van der Waals surface area (Å²) in [5.41, 5.74) is 4.15. The number of benzene rings is 1. The highest BCUT2D eigenvalue weighted by molar-refractivity contribution is 5.94. The molecule has 0 spiro atoms. The first-order chi connectivity index (χ1) is 12.1. The third kappa shape index (κ3) is 4.26. The summed E-state index contributed by atoms with van der Waals surface area (Å²) >= 11 is 0. The normalized spacial score (nSPS) is 20.5. The SMILES string of the molecule is CO[C@H]1CCN(C(=O)c2ccc(C)nc2)C[C@@H]1Cc1cccc(C)c1. The summed E-state index contributed by atoms with van der Waals surface area (Å²) in [7, 11) is 1.77. The van der Waals surface area contributed by atoms with Gasteiger partial charge >= 0.3 is 0 Å². The molecule has 1 saturated heterocycles. The van der Waals surface area contributed by atoms with E-state index in [-0.39, 0.29) is 12.0 Å². The van der Waals surface area contributed by atoms with E-state index in [4.69, 9.17) is 4.74 Å². The molecule has 1 aromatic carbocycles. The van der Waals surface area contributed by atoms with Crippen molar-refractivity contribution in [3.05, 3.63) is 65.0 Å². The lowest BCUT2D eigenvalue weighted by Gasteiger charge is -2.38. The first-order valence-corrected chi connectivity index (χ1v) is 8.87. The number of methoxy groups -OCH3 is 1. The lowest BCUT2D eigenvalue weighted by Crippen LogP contribution is -2.47. The summed E-state index contributed by atoms with van der Waals surface area (Å²) in [5, 5.41) is 0. The van der Waals surface area contributed by atoms with Crippen molar-refractivity contribution in [2.45, 2.75) is 32.8 Å². The molecule has 2 atom stereocenters. The van der Waals surface area contributed by atoms with E-state index in [2.05, 4.69) is 36.2 Å². The third-order valence-electron chi connectivity index (χ3n) is 4.99. The number of rotatable bonds is 4. The zero-order chi connectivity index (χ0) is 17.8. The Morgan fingerprint density at radius 3 is 2.80 bits per heavy atom. The molecule has 3 rings (SSSR count). The van der Waals surface area contributed by atoms with Gasteiger partial charge in [0, 0.05) is 38.0 Å². The molecule has 0 saturated carbocycles. The molecule has 0 N–H and O–H groups in total. The van der Waals surface area contributed by atoms with Gasteiger partial charge in [0.25, 0.3) is 5.91 Å². The van der Waals surface area contributed by atoms with Crippen molar-refractivity contribution in [3.63, 3.8) is 0 Å². The van der Waals surface area contributed by atoms with Gasteiger partial charge in [-0.25, -0.2) is 0 Å². The van der Waals surface area contributed by atoms with Crippen LogP contribution in [0.1, 0.15) is 33.6 Å². The van der Waals surface area contributed by atoms with Gasteiger partial charge in [-0.2, -0.15) is 0 Å². The predicted molar refractivity (Wildman–Crippen MR) is 98.7 cm³/mol. The van der Waals surface area contributed by atoms with Crippen molar-refractivity contribution in [2.75, 3.05) is 20.2 Å². The number of piperidine rings is 1. The molecule has 2 aromatic rings. The summed E-state index contributed by atoms with van der Waals surface area (Å²) < 4.78 is 5.71. The predicted octanol–water partition coefficient (Wildman–Crippen LogP) is 3.42. The number of hydrogen-bond acceptors (Lipinski definition) is 3. The summed E-state index contributed by atoms with van der Waals surface area (Å²) in [6, 6.07) is 12.3. The average Bonchev–Trinajstić information content (AvgIpc) is 2.62. The van der Waals surface area contributed by atoms with Gasteiger partial charge in [0.05, 0.1) is 11.7 Å². The summed E-state index contributed by atoms with van der Waals surface area (Å²) in [4.78, 5) is 19.0. The van der Waals surface area contributed by atoms with Crippen molar-refractivity contribution in [1.29, 1.82) is 0 Å². The van der Waals surface area contributed by atoms with Crippen LogP contribution in [-0.2, 0) is 11.2 Å². The molecule has 0 aliphatic carbocycles. The molecule has 4 nitrogen and oxygen atoms in total. The molecular weight excluding hydrogens is 312 g/mol. The Bertz CT molecular complexity index is 727. The monoisotopic (exact) mass is 338 g/mol. The zero-order valence-corrected chi connectivity index (χ0v) is 15.2. The molecule has 0 unspecified atom stereocenters. The van der Waals surface area contributed by atoms with Crippen LogP contribution in [0.2, 0.25) is 0 Å². The second kappa shape index (κ2) is 7.79. The topological polar surface area (TPSA) is 42.4 Å². The standard InChI is InChI=1S/C21H26N2O2/c1-15-5-4-6-17(11-15)12-19-14-23(10-9-20(19)25-3)21(24)18-8-7-16(2)22-13-18/h4-8,11,13,19-20H,9-10,12,14H2,1-3H3/t19-,20-/m0/s1. The van der Waals surface area contributed by atoms with Crippen molar-refractivity contribution in [2.24, 2.45) is 5.92 Å². The van der Waals surface area contributed by atoms with E-state index < -0.39 is 0 Å². The number of aromatic nitrogens is 1. The molecule has 1 fully saturated rings. The number of hydrogen-bond donors (Lipinski definition) is 0. The minimum Gasteiger partial charge on any atom is -0.381 e. The highest BCUT2D eigenvalue weighted by Crippen LogP contribution is 2.25. The smallest absolute Gasteiger partial charge is 0.255 e. The van der Waals surface area contributed by atoms with E-state index in [0.717, 1.165) is 31.6 Å². The maximum absolute atomic E-state index is 12.8. The van der Waals surface area contributed by atoms with E-state index in [9.17, 15) is 4.79 Å². The van der Waals surface area contributed by atoms with Crippen LogP contribution < -0.4 is 0 Å². The number of carbonyl (C=O) groups is 1. The van der Waals surface area contributed by atoms with Gasteiger partial charge in [0.15, 0.2) is 0 Å². The Labute approximate surface area is 149 Å².